The molecule has 1 aliphatic rings. The molecule has 8 nitrogen and oxygen atoms in total. The SMILES string of the molecule is COc1ccc(S(=O)(=O)N2CCN(c3nc(C)cc(C#N)n3)CC2)c(C)c1. The van der Waals surface area contributed by atoms with E-state index in [0.717, 1.165) is 0 Å². The Hall–Kier alpha value is -2.70. The Balaban J connectivity index is 1.77. The molecule has 3 rings (SSSR count). The number of piperazine rings is 1. The van der Waals surface area contributed by atoms with Gasteiger partial charge in [-0.15, -0.1) is 0 Å². The molecule has 1 saturated heterocycles. The summed E-state index contributed by atoms with van der Waals surface area (Å²) >= 11 is 0. The number of anilines is 1. The van der Waals surface area contributed by atoms with Crippen molar-refractivity contribution in [2.45, 2.75) is 18.7 Å². The Morgan fingerprint density at radius 2 is 1.81 bits per heavy atom. The highest BCUT2D eigenvalue weighted by Crippen LogP contribution is 2.25. The maximum Gasteiger partial charge on any atom is 0.243 e. The molecule has 1 aliphatic heterocycles. The number of nitrogens with zero attached hydrogens (tertiary/aromatic N) is 5. The van der Waals surface area contributed by atoms with E-state index < -0.39 is 10.0 Å². The number of nitriles is 1. The van der Waals surface area contributed by atoms with Gasteiger partial charge in [-0.1, -0.05) is 0 Å². The summed E-state index contributed by atoms with van der Waals surface area (Å²) in [5.74, 6) is 1.09. The molecule has 1 aromatic carbocycles. The second-order valence-corrected chi connectivity index (χ2v) is 8.24. The summed E-state index contributed by atoms with van der Waals surface area (Å²) in [6.45, 7) is 5.14. The normalized spacial score (nSPS) is 15.4. The van der Waals surface area contributed by atoms with Gasteiger partial charge in [-0.3, -0.25) is 0 Å². The first-order valence-corrected chi connectivity index (χ1v) is 9.94. The molecule has 2 heterocycles. The molecular formula is C18H21N5O3S. The van der Waals surface area contributed by atoms with Gasteiger partial charge in [0.25, 0.3) is 0 Å². The summed E-state index contributed by atoms with van der Waals surface area (Å²) in [7, 11) is -2.04. The molecule has 0 amide bonds. The average molecular weight is 387 g/mol. The fourth-order valence-electron chi connectivity index (χ4n) is 3.06. The van der Waals surface area contributed by atoms with Crippen molar-refractivity contribution in [3.05, 3.63) is 41.2 Å². The lowest BCUT2D eigenvalue weighted by molar-refractivity contribution is 0.382. The van der Waals surface area contributed by atoms with Gasteiger partial charge in [0.15, 0.2) is 0 Å². The van der Waals surface area contributed by atoms with Crippen LogP contribution in [0.15, 0.2) is 29.2 Å². The van der Waals surface area contributed by atoms with Crippen molar-refractivity contribution in [3.8, 4) is 11.8 Å². The molecule has 0 spiro atoms. The molecule has 0 N–H and O–H groups in total. The van der Waals surface area contributed by atoms with Gasteiger partial charge in [-0.05, 0) is 43.7 Å². The third-order valence-electron chi connectivity index (χ3n) is 4.48. The maximum atomic E-state index is 13.0. The van der Waals surface area contributed by atoms with Crippen molar-refractivity contribution in [1.82, 2.24) is 14.3 Å². The number of methoxy groups -OCH3 is 1. The van der Waals surface area contributed by atoms with E-state index >= 15 is 0 Å². The number of aromatic nitrogens is 2. The van der Waals surface area contributed by atoms with Crippen LogP contribution in [-0.4, -0.2) is 56.0 Å². The minimum atomic E-state index is -3.59. The van der Waals surface area contributed by atoms with Crippen LogP contribution in [0.1, 0.15) is 17.0 Å². The highest BCUT2D eigenvalue weighted by molar-refractivity contribution is 7.89. The van der Waals surface area contributed by atoms with E-state index in [9.17, 15) is 8.42 Å². The molecule has 0 aliphatic carbocycles. The standard InChI is InChI=1S/C18H21N5O3S/c1-13-10-16(26-3)4-5-17(13)27(24,25)23-8-6-22(7-9-23)18-20-14(2)11-15(12-19)21-18/h4-5,10-11H,6-9H2,1-3H3. The van der Waals surface area contributed by atoms with Gasteiger partial charge >= 0.3 is 0 Å². The monoisotopic (exact) mass is 387 g/mol. The molecule has 1 aromatic heterocycles. The molecule has 9 heteroatoms. The Morgan fingerprint density at radius 1 is 1.11 bits per heavy atom. The van der Waals surface area contributed by atoms with Crippen LogP contribution in [0.2, 0.25) is 0 Å². The van der Waals surface area contributed by atoms with Crippen molar-refractivity contribution < 1.29 is 13.2 Å². The third-order valence-corrected chi connectivity index (χ3v) is 6.54. The van der Waals surface area contributed by atoms with Gasteiger partial charge in [-0.2, -0.15) is 9.57 Å². The molecule has 142 valence electrons. The van der Waals surface area contributed by atoms with Gasteiger partial charge in [0.2, 0.25) is 16.0 Å². The van der Waals surface area contributed by atoms with Crippen LogP contribution < -0.4 is 9.64 Å². The number of hydrogen-bond acceptors (Lipinski definition) is 7. The topological polar surface area (TPSA) is 99.4 Å². The molecule has 0 radical (unpaired) electrons. The lowest BCUT2D eigenvalue weighted by atomic mass is 10.2. The van der Waals surface area contributed by atoms with Crippen molar-refractivity contribution in [3.63, 3.8) is 0 Å². The Kier molecular flexibility index (Phi) is 5.30. The van der Waals surface area contributed by atoms with Crippen LogP contribution in [0.3, 0.4) is 0 Å². The zero-order valence-electron chi connectivity index (χ0n) is 15.5. The Morgan fingerprint density at radius 3 is 2.41 bits per heavy atom. The number of sulfonamides is 1. The first kappa shape index (κ1) is 19.1. The highest BCUT2D eigenvalue weighted by atomic mass is 32.2. The van der Waals surface area contributed by atoms with E-state index in [1.54, 1.807) is 45.2 Å². The lowest BCUT2D eigenvalue weighted by Crippen LogP contribution is -2.49. The molecule has 0 bridgehead atoms. The summed E-state index contributed by atoms with van der Waals surface area (Å²) in [6.07, 6.45) is 0. The molecule has 0 saturated carbocycles. The van der Waals surface area contributed by atoms with Gasteiger partial charge in [0, 0.05) is 31.9 Å². The second-order valence-electron chi connectivity index (χ2n) is 6.33. The molecular weight excluding hydrogens is 366 g/mol. The van der Waals surface area contributed by atoms with Crippen molar-refractivity contribution >= 4 is 16.0 Å². The Labute approximate surface area is 159 Å². The van der Waals surface area contributed by atoms with E-state index in [0.29, 0.717) is 54.8 Å². The van der Waals surface area contributed by atoms with Crippen molar-refractivity contribution in [1.29, 1.82) is 5.26 Å². The first-order valence-electron chi connectivity index (χ1n) is 8.50. The van der Waals surface area contributed by atoms with Crippen LogP contribution in [0.5, 0.6) is 5.75 Å². The lowest BCUT2D eigenvalue weighted by Gasteiger charge is -2.34. The molecule has 27 heavy (non-hydrogen) atoms. The van der Waals surface area contributed by atoms with E-state index in [1.807, 2.05) is 11.0 Å². The summed E-state index contributed by atoms with van der Waals surface area (Å²) in [6, 6.07) is 8.60. The minimum Gasteiger partial charge on any atom is -0.497 e. The van der Waals surface area contributed by atoms with E-state index in [1.165, 1.54) is 4.31 Å². The van der Waals surface area contributed by atoms with Crippen LogP contribution in [0.25, 0.3) is 0 Å². The molecule has 1 fully saturated rings. The van der Waals surface area contributed by atoms with Crippen LogP contribution in [0, 0.1) is 25.2 Å². The number of aryl methyl sites for hydroxylation is 2. The maximum absolute atomic E-state index is 13.0. The summed E-state index contributed by atoms with van der Waals surface area (Å²) in [5.41, 5.74) is 1.67. The number of ether oxygens (including phenoxy) is 1. The molecule has 0 unspecified atom stereocenters. The van der Waals surface area contributed by atoms with Crippen LogP contribution in [0.4, 0.5) is 5.95 Å². The van der Waals surface area contributed by atoms with E-state index in [-0.39, 0.29) is 4.90 Å². The first-order chi connectivity index (χ1) is 12.8. The van der Waals surface area contributed by atoms with Crippen LogP contribution in [-0.2, 0) is 10.0 Å². The van der Waals surface area contributed by atoms with Gasteiger partial charge in [0.05, 0.1) is 12.0 Å². The molecule has 0 atom stereocenters. The van der Waals surface area contributed by atoms with E-state index in [2.05, 4.69) is 9.97 Å². The predicted molar refractivity (Wildman–Crippen MR) is 100 cm³/mol. The fraction of sp³-hybridized carbons (Fsp3) is 0.389. The zero-order valence-corrected chi connectivity index (χ0v) is 16.3. The number of hydrogen-bond donors (Lipinski definition) is 0. The Bertz CT molecular complexity index is 993. The summed E-state index contributed by atoms with van der Waals surface area (Å²) in [4.78, 5) is 10.8. The van der Waals surface area contributed by atoms with Crippen molar-refractivity contribution in [2.75, 3.05) is 38.2 Å². The number of benzene rings is 1. The molecule has 2 aromatic rings. The minimum absolute atomic E-state index is 0.287. The van der Waals surface area contributed by atoms with Gasteiger partial charge in [-0.25, -0.2) is 18.4 Å². The van der Waals surface area contributed by atoms with Crippen molar-refractivity contribution in [2.24, 2.45) is 0 Å². The summed E-state index contributed by atoms with van der Waals surface area (Å²) < 4.78 is 32.6. The third kappa shape index (κ3) is 3.86. The fourth-order valence-corrected chi connectivity index (χ4v) is 4.69. The quantitative estimate of drug-likeness (QED) is 0.783. The highest BCUT2D eigenvalue weighted by Gasteiger charge is 2.30. The second kappa shape index (κ2) is 7.50. The van der Waals surface area contributed by atoms with E-state index in [4.69, 9.17) is 10.00 Å². The van der Waals surface area contributed by atoms with Gasteiger partial charge in [0.1, 0.15) is 17.5 Å². The smallest absolute Gasteiger partial charge is 0.243 e. The zero-order chi connectivity index (χ0) is 19.6. The average Bonchev–Trinajstić information content (AvgIpc) is 2.67. The van der Waals surface area contributed by atoms with Gasteiger partial charge < -0.3 is 9.64 Å². The number of rotatable bonds is 4. The predicted octanol–water partition coefficient (Wildman–Crippen LogP) is 1.48. The summed E-state index contributed by atoms with van der Waals surface area (Å²) in [5, 5.41) is 9.07. The largest absolute Gasteiger partial charge is 0.497 e. The van der Waals surface area contributed by atoms with Crippen LogP contribution >= 0.6 is 0 Å².